The van der Waals surface area contributed by atoms with Crippen LogP contribution in [-0.4, -0.2) is 30.8 Å². The Hall–Kier alpha value is -3.22. The van der Waals surface area contributed by atoms with Crippen molar-refractivity contribution in [2.24, 2.45) is 0 Å². The van der Waals surface area contributed by atoms with Crippen molar-refractivity contribution in [3.05, 3.63) is 59.9 Å². The number of pyridine rings is 2. The summed E-state index contributed by atoms with van der Waals surface area (Å²) >= 11 is 0. The maximum absolute atomic E-state index is 12.2. The molecule has 0 atom stereocenters. The summed E-state index contributed by atoms with van der Waals surface area (Å²) in [6.07, 6.45) is 4.83. The molecule has 1 N–H and O–H groups in total. The van der Waals surface area contributed by atoms with E-state index in [1.165, 1.54) is 6.20 Å². The highest BCUT2D eigenvalue weighted by molar-refractivity contribution is 6.03. The lowest BCUT2D eigenvalue weighted by molar-refractivity contribution is 0.102. The third-order valence-corrected chi connectivity index (χ3v) is 3.08. The van der Waals surface area contributed by atoms with E-state index in [1.807, 2.05) is 6.92 Å². The molecular weight excluding hydrogens is 292 g/mol. The number of carbonyl (C=O) groups excluding carboxylic acids is 1. The van der Waals surface area contributed by atoms with Crippen LogP contribution in [0.5, 0.6) is 0 Å². The molecule has 3 aromatic heterocycles. The van der Waals surface area contributed by atoms with Crippen molar-refractivity contribution >= 4 is 11.9 Å². The summed E-state index contributed by atoms with van der Waals surface area (Å²) in [6.45, 7) is 3.60. The van der Waals surface area contributed by atoms with E-state index in [0.29, 0.717) is 17.2 Å². The molecule has 3 rings (SSSR count). The smallest absolute Gasteiger partial charge is 0.259 e. The highest BCUT2D eigenvalue weighted by Crippen LogP contribution is 2.15. The second-order valence-electron chi connectivity index (χ2n) is 4.91. The van der Waals surface area contributed by atoms with E-state index in [2.05, 4.69) is 30.2 Å². The Bertz CT molecular complexity index is 833. The number of hydrogen-bond acceptors (Lipinski definition) is 6. The first-order valence-corrected chi connectivity index (χ1v) is 6.99. The largest absolute Gasteiger partial charge is 0.290 e. The Morgan fingerprint density at radius 3 is 2.48 bits per heavy atom. The number of hydrogen-bond donors (Lipinski definition) is 1. The van der Waals surface area contributed by atoms with Gasteiger partial charge in [0.25, 0.3) is 5.91 Å². The molecule has 0 aliphatic rings. The van der Waals surface area contributed by atoms with Crippen molar-refractivity contribution in [1.29, 1.82) is 0 Å². The van der Waals surface area contributed by atoms with Crippen LogP contribution in [0.1, 0.15) is 21.9 Å². The van der Waals surface area contributed by atoms with Gasteiger partial charge in [-0.15, -0.1) is 0 Å². The summed E-state index contributed by atoms with van der Waals surface area (Å²) in [5, 5.41) is 2.67. The molecule has 0 aliphatic heterocycles. The summed E-state index contributed by atoms with van der Waals surface area (Å²) in [5.41, 5.74) is 2.09. The molecule has 0 fully saturated rings. The van der Waals surface area contributed by atoms with E-state index in [1.54, 1.807) is 43.6 Å². The van der Waals surface area contributed by atoms with Gasteiger partial charge in [-0.3, -0.25) is 20.1 Å². The van der Waals surface area contributed by atoms with Crippen molar-refractivity contribution in [1.82, 2.24) is 24.9 Å². The summed E-state index contributed by atoms with van der Waals surface area (Å²) in [5.74, 6) is 0.889. The normalized spacial score (nSPS) is 10.3. The maximum atomic E-state index is 12.2. The first-order chi connectivity index (χ1) is 11.1. The highest BCUT2D eigenvalue weighted by Gasteiger charge is 2.11. The van der Waals surface area contributed by atoms with Crippen LogP contribution in [0.15, 0.2) is 42.9 Å². The molecule has 3 heterocycles. The molecule has 0 unspecified atom stereocenters. The molecule has 3 aromatic rings. The lowest BCUT2D eigenvalue weighted by atomic mass is 10.2. The van der Waals surface area contributed by atoms with E-state index in [0.717, 1.165) is 11.3 Å². The van der Waals surface area contributed by atoms with E-state index in [4.69, 9.17) is 0 Å². The standard InChI is InChI=1S/C16H14N6O/c1-10-3-4-13(9-18-10)15(23)22-16-20-11(2)19-14(21-16)12-5-7-17-8-6-12/h3-9H,1-2H3,(H,19,20,21,22,23). The van der Waals surface area contributed by atoms with Gasteiger partial charge in [-0.25, -0.2) is 4.98 Å². The quantitative estimate of drug-likeness (QED) is 0.797. The Morgan fingerprint density at radius 1 is 1.00 bits per heavy atom. The van der Waals surface area contributed by atoms with E-state index in [9.17, 15) is 4.79 Å². The van der Waals surface area contributed by atoms with E-state index in [-0.39, 0.29) is 11.9 Å². The zero-order valence-electron chi connectivity index (χ0n) is 12.7. The van der Waals surface area contributed by atoms with Gasteiger partial charge in [-0.1, -0.05) is 0 Å². The van der Waals surface area contributed by atoms with Crippen LogP contribution in [0.2, 0.25) is 0 Å². The van der Waals surface area contributed by atoms with Crippen LogP contribution in [0.25, 0.3) is 11.4 Å². The molecule has 0 radical (unpaired) electrons. The summed E-state index contributed by atoms with van der Waals surface area (Å²) in [4.78, 5) is 33.0. The van der Waals surface area contributed by atoms with Crippen molar-refractivity contribution in [3.63, 3.8) is 0 Å². The first-order valence-electron chi connectivity index (χ1n) is 6.99. The summed E-state index contributed by atoms with van der Waals surface area (Å²) in [6, 6.07) is 7.07. The zero-order valence-corrected chi connectivity index (χ0v) is 12.7. The molecule has 0 aliphatic carbocycles. The fourth-order valence-electron chi connectivity index (χ4n) is 1.94. The number of nitrogens with one attached hydrogen (secondary N) is 1. The molecule has 0 aromatic carbocycles. The first kappa shape index (κ1) is 14.7. The average molecular weight is 306 g/mol. The SMILES string of the molecule is Cc1ccc(C(=O)Nc2nc(C)nc(-c3ccncc3)n2)cn1. The molecule has 114 valence electrons. The van der Waals surface area contributed by atoms with Gasteiger partial charge >= 0.3 is 0 Å². The van der Waals surface area contributed by atoms with E-state index < -0.39 is 0 Å². The zero-order chi connectivity index (χ0) is 16.2. The van der Waals surface area contributed by atoms with Crippen molar-refractivity contribution in [3.8, 4) is 11.4 Å². The molecule has 7 heteroatoms. The van der Waals surface area contributed by atoms with Crippen LogP contribution in [0.4, 0.5) is 5.95 Å². The predicted octanol–water partition coefficient (Wildman–Crippen LogP) is 2.20. The number of carbonyl (C=O) groups is 1. The van der Waals surface area contributed by atoms with Gasteiger partial charge in [0.05, 0.1) is 5.56 Å². The Balaban J connectivity index is 1.87. The number of nitrogens with zero attached hydrogens (tertiary/aromatic N) is 5. The van der Waals surface area contributed by atoms with Crippen molar-refractivity contribution < 1.29 is 4.79 Å². The second-order valence-corrected chi connectivity index (χ2v) is 4.91. The number of anilines is 1. The predicted molar refractivity (Wildman–Crippen MR) is 84.7 cm³/mol. The van der Waals surface area contributed by atoms with Gasteiger partial charge < -0.3 is 0 Å². The van der Waals surface area contributed by atoms with Crippen LogP contribution >= 0.6 is 0 Å². The Kier molecular flexibility index (Phi) is 4.01. The topological polar surface area (TPSA) is 93.6 Å². The third kappa shape index (κ3) is 3.52. The Morgan fingerprint density at radius 2 is 1.78 bits per heavy atom. The monoisotopic (exact) mass is 306 g/mol. The van der Waals surface area contributed by atoms with Gasteiger partial charge in [-0.05, 0) is 38.1 Å². The van der Waals surface area contributed by atoms with Crippen molar-refractivity contribution in [2.45, 2.75) is 13.8 Å². The van der Waals surface area contributed by atoms with Crippen LogP contribution in [-0.2, 0) is 0 Å². The van der Waals surface area contributed by atoms with Gasteiger partial charge in [0.15, 0.2) is 5.82 Å². The minimum absolute atomic E-state index is 0.204. The molecule has 1 amide bonds. The third-order valence-electron chi connectivity index (χ3n) is 3.08. The lowest BCUT2D eigenvalue weighted by Gasteiger charge is -2.07. The summed E-state index contributed by atoms with van der Waals surface area (Å²) in [7, 11) is 0. The average Bonchev–Trinajstić information content (AvgIpc) is 2.55. The van der Waals surface area contributed by atoms with Gasteiger partial charge in [0.1, 0.15) is 5.82 Å². The fraction of sp³-hybridized carbons (Fsp3) is 0.125. The van der Waals surface area contributed by atoms with Gasteiger partial charge in [0.2, 0.25) is 5.95 Å². The lowest BCUT2D eigenvalue weighted by Crippen LogP contribution is -2.15. The molecule has 7 nitrogen and oxygen atoms in total. The van der Waals surface area contributed by atoms with Crippen molar-refractivity contribution in [2.75, 3.05) is 5.32 Å². The van der Waals surface area contributed by atoms with Crippen LogP contribution < -0.4 is 5.32 Å². The minimum Gasteiger partial charge on any atom is -0.290 e. The summed E-state index contributed by atoms with van der Waals surface area (Å²) < 4.78 is 0. The van der Waals surface area contributed by atoms with E-state index >= 15 is 0 Å². The van der Waals surface area contributed by atoms with Gasteiger partial charge in [-0.2, -0.15) is 9.97 Å². The molecule has 0 bridgehead atoms. The number of aryl methyl sites for hydroxylation is 2. The highest BCUT2D eigenvalue weighted by atomic mass is 16.1. The molecule has 0 saturated heterocycles. The fourth-order valence-corrected chi connectivity index (χ4v) is 1.94. The Labute approximate surface area is 132 Å². The molecule has 0 spiro atoms. The molecule has 0 saturated carbocycles. The molecule has 23 heavy (non-hydrogen) atoms. The number of aromatic nitrogens is 5. The van der Waals surface area contributed by atoms with Crippen LogP contribution in [0, 0.1) is 13.8 Å². The second kappa shape index (κ2) is 6.27. The minimum atomic E-state index is -0.316. The van der Waals surface area contributed by atoms with Gasteiger partial charge in [0, 0.05) is 29.8 Å². The van der Waals surface area contributed by atoms with Crippen LogP contribution in [0.3, 0.4) is 0 Å². The number of amides is 1. The number of rotatable bonds is 3. The maximum Gasteiger partial charge on any atom is 0.259 e. The molecular formula is C16H14N6O.